The first-order chi connectivity index (χ1) is 10.4. The second-order valence-corrected chi connectivity index (χ2v) is 6.83. The first-order valence-corrected chi connectivity index (χ1v) is 8.21. The van der Waals surface area contributed by atoms with Crippen molar-refractivity contribution in [3.8, 4) is 5.75 Å². The molecule has 1 aromatic carbocycles. The number of sulfonamides is 1. The van der Waals surface area contributed by atoms with E-state index in [9.17, 15) is 21.6 Å². The number of nitrogens with one attached hydrogen (secondary N) is 1. The van der Waals surface area contributed by atoms with Gasteiger partial charge in [-0.1, -0.05) is 0 Å². The Morgan fingerprint density at radius 2 is 2.13 bits per heavy atom. The molecule has 5 nitrogen and oxygen atoms in total. The fourth-order valence-electron chi connectivity index (χ4n) is 2.53. The molecule has 0 aromatic heterocycles. The maximum absolute atomic E-state index is 13.7. The molecular weight excluding hydrogens is 357 g/mol. The molecule has 1 heterocycles. The molecule has 0 spiro atoms. The van der Waals surface area contributed by atoms with Crippen molar-refractivity contribution in [2.45, 2.75) is 30.4 Å². The van der Waals surface area contributed by atoms with Gasteiger partial charge < -0.3 is 10.1 Å². The lowest BCUT2D eigenvalue weighted by Crippen LogP contribution is -2.40. The number of nitrogens with zero attached hydrogens (tertiary/aromatic N) is 1. The molecule has 10 heteroatoms. The maximum Gasteiger partial charge on any atom is 0.387 e. The van der Waals surface area contributed by atoms with E-state index in [0.29, 0.717) is 19.2 Å². The summed E-state index contributed by atoms with van der Waals surface area (Å²) in [5.41, 5.74) is 0. The average molecular weight is 375 g/mol. The summed E-state index contributed by atoms with van der Waals surface area (Å²) in [5, 5.41) is 2.92. The van der Waals surface area contributed by atoms with Crippen molar-refractivity contribution in [2.24, 2.45) is 0 Å². The van der Waals surface area contributed by atoms with Crippen molar-refractivity contribution in [1.82, 2.24) is 9.62 Å². The third-order valence-electron chi connectivity index (χ3n) is 3.49. The van der Waals surface area contributed by atoms with Gasteiger partial charge in [0.2, 0.25) is 10.0 Å². The highest BCUT2D eigenvalue weighted by Gasteiger charge is 2.35. The van der Waals surface area contributed by atoms with Crippen LogP contribution in [0.3, 0.4) is 0 Å². The third-order valence-corrected chi connectivity index (χ3v) is 5.44. The summed E-state index contributed by atoms with van der Waals surface area (Å²) in [4.78, 5) is -0.269. The van der Waals surface area contributed by atoms with E-state index < -0.39 is 28.2 Å². The van der Waals surface area contributed by atoms with Crippen LogP contribution in [-0.4, -0.2) is 45.5 Å². The molecule has 1 aliphatic heterocycles. The second kappa shape index (κ2) is 8.18. The van der Waals surface area contributed by atoms with Crippen LogP contribution in [0.2, 0.25) is 0 Å². The SMILES string of the molecule is CNCC1CCCN1S(=O)(=O)c1ccc(OC(F)F)c(F)c1.Cl. The van der Waals surface area contributed by atoms with Gasteiger partial charge in [0, 0.05) is 19.1 Å². The minimum atomic E-state index is -3.87. The molecule has 1 saturated heterocycles. The molecule has 0 bridgehead atoms. The lowest BCUT2D eigenvalue weighted by atomic mass is 10.2. The largest absolute Gasteiger partial charge is 0.432 e. The first kappa shape index (κ1) is 20.0. The molecule has 132 valence electrons. The minimum Gasteiger partial charge on any atom is -0.432 e. The van der Waals surface area contributed by atoms with Gasteiger partial charge in [-0.05, 0) is 38.1 Å². The van der Waals surface area contributed by atoms with Crippen LogP contribution in [0, 0.1) is 5.82 Å². The van der Waals surface area contributed by atoms with E-state index in [2.05, 4.69) is 10.1 Å². The summed E-state index contributed by atoms with van der Waals surface area (Å²) in [6.07, 6.45) is 1.44. The van der Waals surface area contributed by atoms with Crippen LogP contribution in [0.1, 0.15) is 12.8 Å². The number of hydrogen-bond acceptors (Lipinski definition) is 4. The molecule has 1 atom stereocenters. The fourth-order valence-corrected chi connectivity index (χ4v) is 4.24. The number of alkyl halides is 2. The van der Waals surface area contributed by atoms with Crippen LogP contribution >= 0.6 is 12.4 Å². The fraction of sp³-hybridized carbons (Fsp3) is 0.538. The number of rotatable bonds is 6. The molecule has 1 N–H and O–H groups in total. The molecule has 23 heavy (non-hydrogen) atoms. The predicted molar refractivity (Wildman–Crippen MR) is 81.1 cm³/mol. The van der Waals surface area contributed by atoms with Gasteiger partial charge in [0.15, 0.2) is 11.6 Å². The molecule has 0 radical (unpaired) electrons. The summed E-state index contributed by atoms with van der Waals surface area (Å²) < 4.78 is 68.3. The smallest absolute Gasteiger partial charge is 0.387 e. The molecular formula is C13H18ClF3N2O3S. The quantitative estimate of drug-likeness (QED) is 0.829. The summed E-state index contributed by atoms with van der Waals surface area (Å²) in [7, 11) is -2.15. The number of likely N-dealkylation sites (N-methyl/N-ethyl adjacent to an activating group) is 1. The third kappa shape index (κ3) is 4.50. The van der Waals surface area contributed by atoms with E-state index in [4.69, 9.17) is 0 Å². The van der Waals surface area contributed by atoms with Gasteiger partial charge in [-0.15, -0.1) is 12.4 Å². The normalized spacial score (nSPS) is 18.9. The Bertz CT molecular complexity index is 631. The van der Waals surface area contributed by atoms with Gasteiger partial charge in [-0.25, -0.2) is 12.8 Å². The minimum absolute atomic E-state index is 0. The van der Waals surface area contributed by atoms with Crippen LogP contribution in [-0.2, 0) is 10.0 Å². The van der Waals surface area contributed by atoms with E-state index in [0.717, 1.165) is 25.0 Å². The van der Waals surface area contributed by atoms with E-state index in [1.54, 1.807) is 7.05 Å². The van der Waals surface area contributed by atoms with Crippen molar-refractivity contribution in [3.63, 3.8) is 0 Å². The Balaban J connectivity index is 0.00000264. The number of ether oxygens (including phenoxy) is 1. The standard InChI is InChI=1S/C13H17F3N2O3S.ClH/c1-17-8-9-3-2-6-18(9)22(19,20)10-4-5-12(11(14)7-10)21-13(15)16;/h4-5,7,9,13,17H,2-3,6,8H2,1H3;1H. The van der Waals surface area contributed by atoms with Crippen LogP contribution in [0.25, 0.3) is 0 Å². The van der Waals surface area contributed by atoms with Crippen molar-refractivity contribution in [1.29, 1.82) is 0 Å². The number of halogens is 4. The van der Waals surface area contributed by atoms with E-state index >= 15 is 0 Å². The molecule has 0 aliphatic carbocycles. The zero-order valence-corrected chi connectivity index (χ0v) is 14.0. The molecule has 0 amide bonds. The Labute approximate surface area is 139 Å². The molecule has 1 unspecified atom stereocenters. The maximum atomic E-state index is 13.7. The number of benzene rings is 1. The van der Waals surface area contributed by atoms with Crippen LogP contribution in [0.4, 0.5) is 13.2 Å². The average Bonchev–Trinajstić information content (AvgIpc) is 2.90. The van der Waals surface area contributed by atoms with Gasteiger partial charge in [-0.3, -0.25) is 0 Å². The van der Waals surface area contributed by atoms with E-state index in [1.807, 2.05) is 0 Å². The van der Waals surface area contributed by atoms with Crippen LogP contribution in [0.15, 0.2) is 23.1 Å². The zero-order valence-electron chi connectivity index (χ0n) is 12.3. The van der Waals surface area contributed by atoms with Crippen molar-refractivity contribution >= 4 is 22.4 Å². The summed E-state index contributed by atoms with van der Waals surface area (Å²) in [6.45, 7) is -2.32. The first-order valence-electron chi connectivity index (χ1n) is 6.77. The highest BCUT2D eigenvalue weighted by atomic mass is 35.5. The topological polar surface area (TPSA) is 58.6 Å². The lowest BCUT2D eigenvalue weighted by molar-refractivity contribution is -0.0522. The molecule has 1 aromatic rings. The highest BCUT2D eigenvalue weighted by molar-refractivity contribution is 7.89. The van der Waals surface area contributed by atoms with Gasteiger partial charge in [0.25, 0.3) is 0 Å². The summed E-state index contributed by atoms with van der Waals surface area (Å²) in [6, 6.07) is 2.49. The summed E-state index contributed by atoms with van der Waals surface area (Å²) in [5.74, 6) is -1.81. The molecule has 0 saturated carbocycles. The predicted octanol–water partition coefficient (Wildman–Crippen LogP) is 2.22. The van der Waals surface area contributed by atoms with Crippen LogP contribution < -0.4 is 10.1 Å². The van der Waals surface area contributed by atoms with Gasteiger partial charge in [-0.2, -0.15) is 13.1 Å². The van der Waals surface area contributed by atoms with Gasteiger partial charge >= 0.3 is 6.61 Å². The van der Waals surface area contributed by atoms with Gasteiger partial charge in [0.1, 0.15) is 0 Å². The molecule has 1 aliphatic rings. The Kier molecular flexibility index (Phi) is 7.12. The zero-order chi connectivity index (χ0) is 16.3. The van der Waals surface area contributed by atoms with Crippen molar-refractivity contribution in [3.05, 3.63) is 24.0 Å². The monoisotopic (exact) mass is 374 g/mol. The van der Waals surface area contributed by atoms with Crippen molar-refractivity contribution in [2.75, 3.05) is 20.1 Å². The summed E-state index contributed by atoms with van der Waals surface area (Å²) >= 11 is 0. The lowest BCUT2D eigenvalue weighted by Gasteiger charge is -2.24. The van der Waals surface area contributed by atoms with Crippen molar-refractivity contribution < 1.29 is 26.3 Å². The van der Waals surface area contributed by atoms with Crippen LogP contribution in [0.5, 0.6) is 5.75 Å². The highest BCUT2D eigenvalue weighted by Crippen LogP contribution is 2.28. The van der Waals surface area contributed by atoms with Gasteiger partial charge in [0.05, 0.1) is 4.90 Å². The Morgan fingerprint density at radius 1 is 1.43 bits per heavy atom. The Morgan fingerprint density at radius 3 is 2.70 bits per heavy atom. The van der Waals surface area contributed by atoms with E-state index in [-0.39, 0.29) is 23.3 Å². The molecule has 1 fully saturated rings. The van der Waals surface area contributed by atoms with E-state index in [1.165, 1.54) is 4.31 Å². The Hall–Kier alpha value is -1.03. The molecule has 2 rings (SSSR count). The number of hydrogen-bond donors (Lipinski definition) is 1. The second-order valence-electron chi connectivity index (χ2n) is 4.94.